The largest absolute Gasteiger partial charge is 0.465 e. The minimum absolute atomic E-state index is 0.0375. The van der Waals surface area contributed by atoms with Crippen LogP contribution < -0.4 is 10.6 Å². The van der Waals surface area contributed by atoms with E-state index in [-0.39, 0.29) is 43.8 Å². The summed E-state index contributed by atoms with van der Waals surface area (Å²) in [5.74, 6) is -0.871. The second kappa shape index (κ2) is 23.9. The molecule has 0 saturated carbocycles. The SMILES string of the molecule is CC/C=C\C/C=C\C/C=C\C/C=C\C/C=C\C/C=C\CC(=O)OCC(C)(C)[C@@H](OC)C(=O)NCCC(=O)NC. The molecule has 0 unspecified atom stereocenters. The molecule has 0 spiro atoms. The zero-order chi connectivity index (χ0) is 29.2. The Morgan fingerprint density at radius 2 is 1.23 bits per heavy atom. The van der Waals surface area contributed by atoms with Crippen LogP contribution in [0.4, 0.5) is 0 Å². The van der Waals surface area contributed by atoms with Gasteiger partial charge in [0.15, 0.2) is 0 Å². The van der Waals surface area contributed by atoms with E-state index in [1.165, 1.54) is 7.11 Å². The quantitative estimate of drug-likeness (QED) is 0.139. The van der Waals surface area contributed by atoms with E-state index in [9.17, 15) is 14.4 Å². The smallest absolute Gasteiger partial charge is 0.309 e. The third-order valence-corrected chi connectivity index (χ3v) is 5.60. The second-order valence-corrected chi connectivity index (χ2v) is 9.60. The summed E-state index contributed by atoms with van der Waals surface area (Å²) in [6.45, 7) is 5.97. The van der Waals surface area contributed by atoms with E-state index in [0.717, 1.165) is 38.5 Å². The molecule has 39 heavy (non-hydrogen) atoms. The van der Waals surface area contributed by atoms with Gasteiger partial charge in [0, 0.05) is 32.5 Å². The lowest BCUT2D eigenvalue weighted by Crippen LogP contribution is -2.48. The second-order valence-electron chi connectivity index (χ2n) is 9.60. The molecule has 0 aromatic carbocycles. The topological polar surface area (TPSA) is 93.7 Å². The molecule has 1 atom stereocenters. The first-order valence-corrected chi connectivity index (χ1v) is 13.8. The van der Waals surface area contributed by atoms with Gasteiger partial charge in [-0.2, -0.15) is 0 Å². The van der Waals surface area contributed by atoms with Crippen molar-refractivity contribution in [2.75, 3.05) is 27.3 Å². The number of amides is 2. The fourth-order valence-electron chi connectivity index (χ4n) is 3.40. The Balaban J connectivity index is 4.12. The number of hydrogen-bond acceptors (Lipinski definition) is 5. The Bertz CT molecular complexity index is 866. The number of allylic oxidation sites excluding steroid dienone is 11. The Labute approximate surface area is 236 Å². The van der Waals surface area contributed by atoms with Crippen molar-refractivity contribution in [2.24, 2.45) is 5.41 Å². The molecule has 7 nitrogen and oxygen atoms in total. The molecular formula is C32H50N2O5. The van der Waals surface area contributed by atoms with Crippen molar-refractivity contribution in [1.29, 1.82) is 0 Å². The van der Waals surface area contributed by atoms with Crippen molar-refractivity contribution in [1.82, 2.24) is 10.6 Å². The first-order chi connectivity index (χ1) is 18.8. The fourth-order valence-corrected chi connectivity index (χ4v) is 3.40. The Morgan fingerprint density at radius 3 is 1.67 bits per heavy atom. The van der Waals surface area contributed by atoms with E-state index in [2.05, 4.69) is 78.3 Å². The van der Waals surface area contributed by atoms with Crippen LogP contribution in [0.3, 0.4) is 0 Å². The van der Waals surface area contributed by atoms with Gasteiger partial charge in [0.25, 0.3) is 0 Å². The number of nitrogens with one attached hydrogen (secondary N) is 2. The molecule has 0 rings (SSSR count). The normalized spacial score (nSPS) is 13.5. The molecule has 2 N–H and O–H groups in total. The molecule has 0 aliphatic carbocycles. The number of esters is 1. The third-order valence-electron chi connectivity index (χ3n) is 5.60. The van der Waals surface area contributed by atoms with Crippen LogP contribution in [0.1, 0.15) is 72.1 Å². The molecule has 0 saturated heterocycles. The van der Waals surface area contributed by atoms with E-state index in [1.54, 1.807) is 27.0 Å². The van der Waals surface area contributed by atoms with Gasteiger partial charge in [-0.3, -0.25) is 14.4 Å². The minimum Gasteiger partial charge on any atom is -0.465 e. The predicted molar refractivity (Wildman–Crippen MR) is 160 cm³/mol. The first-order valence-electron chi connectivity index (χ1n) is 13.8. The third kappa shape index (κ3) is 20.4. The summed E-state index contributed by atoms with van der Waals surface area (Å²) in [6.07, 6.45) is 30.4. The number of methoxy groups -OCH3 is 1. The lowest BCUT2D eigenvalue weighted by atomic mass is 9.86. The van der Waals surface area contributed by atoms with Crippen LogP contribution in [-0.2, 0) is 23.9 Å². The molecule has 0 aromatic heterocycles. The van der Waals surface area contributed by atoms with Gasteiger partial charge in [0.05, 0.1) is 13.0 Å². The molecule has 0 fully saturated rings. The molecule has 0 aliphatic heterocycles. The van der Waals surface area contributed by atoms with Crippen molar-refractivity contribution in [3.63, 3.8) is 0 Å². The van der Waals surface area contributed by atoms with Crippen molar-refractivity contribution < 1.29 is 23.9 Å². The maximum atomic E-state index is 12.5. The van der Waals surface area contributed by atoms with E-state index < -0.39 is 11.5 Å². The average molecular weight is 543 g/mol. The van der Waals surface area contributed by atoms with Crippen molar-refractivity contribution in [3.05, 3.63) is 72.9 Å². The van der Waals surface area contributed by atoms with Gasteiger partial charge >= 0.3 is 5.97 Å². The van der Waals surface area contributed by atoms with Crippen molar-refractivity contribution in [3.8, 4) is 0 Å². The summed E-state index contributed by atoms with van der Waals surface area (Å²) in [7, 11) is 2.98. The van der Waals surface area contributed by atoms with Gasteiger partial charge in [0.1, 0.15) is 6.10 Å². The monoisotopic (exact) mass is 542 g/mol. The van der Waals surface area contributed by atoms with Gasteiger partial charge < -0.3 is 20.1 Å². The lowest BCUT2D eigenvalue weighted by Gasteiger charge is -2.31. The van der Waals surface area contributed by atoms with Crippen LogP contribution in [0.15, 0.2) is 72.9 Å². The summed E-state index contributed by atoms with van der Waals surface area (Å²) in [5.41, 5.74) is -0.736. The highest BCUT2D eigenvalue weighted by atomic mass is 16.5. The minimum atomic E-state index is -0.819. The van der Waals surface area contributed by atoms with Crippen molar-refractivity contribution >= 4 is 17.8 Å². The van der Waals surface area contributed by atoms with Crippen LogP contribution in [0.2, 0.25) is 0 Å². The molecular weight excluding hydrogens is 492 g/mol. The zero-order valence-electron chi connectivity index (χ0n) is 24.6. The average Bonchev–Trinajstić information content (AvgIpc) is 2.91. The number of ether oxygens (including phenoxy) is 2. The Morgan fingerprint density at radius 1 is 0.769 bits per heavy atom. The summed E-state index contributed by atoms with van der Waals surface area (Å²) < 4.78 is 10.7. The van der Waals surface area contributed by atoms with Gasteiger partial charge in [-0.1, -0.05) is 93.7 Å². The van der Waals surface area contributed by atoms with Crippen molar-refractivity contribution in [2.45, 2.75) is 78.2 Å². The van der Waals surface area contributed by atoms with E-state index in [0.29, 0.717) is 0 Å². The first kappa shape index (κ1) is 35.8. The zero-order valence-corrected chi connectivity index (χ0v) is 24.6. The summed E-state index contributed by atoms with van der Waals surface area (Å²) in [5, 5.41) is 5.19. The van der Waals surface area contributed by atoms with Gasteiger partial charge in [0.2, 0.25) is 11.8 Å². The molecule has 2 amide bonds. The number of carbonyl (C=O) groups is 3. The van der Waals surface area contributed by atoms with Crippen LogP contribution in [0.25, 0.3) is 0 Å². The van der Waals surface area contributed by atoms with Crippen LogP contribution in [-0.4, -0.2) is 51.2 Å². The van der Waals surface area contributed by atoms with Gasteiger partial charge in [-0.25, -0.2) is 0 Å². The maximum absolute atomic E-state index is 12.5. The predicted octanol–water partition coefficient (Wildman–Crippen LogP) is 5.91. The fraction of sp³-hybridized carbons (Fsp3) is 0.531. The molecule has 0 radical (unpaired) electrons. The van der Waals surface area contributed by atoms with Gasteiger partial charge in [-0.15, -0.1) is 0 Å². The summed E-state index contributed by atoms with van der Waals surface area (Å²) >= 11 is 0. The molecule has 0 heterocycles. The van der Waals surface area contributed by atoms with E-state index in [4.69, 9.17) is 9.47 Å². The molecule has 7 heteroatoms. The van der Waals surface area contributed by atoms with Crippen LogP contribution >= 0.6 is 0 Å². The maximum Gasteiger partial charge on any atom is 0.309 e. The van der Waals surface area contributed by atoms with Crippen LogP contribution in [0.5, 0.6) is 0 Å². The number of rotatable bonds is 21. The highest BCUT2D eigenvalue weighted by Gasteiger charge is 2.36. The standard InChI is InChI=1S/C32H50N2O5/c1-6-7-8-9-10-11-12-13-14-15-16-17-18-19-20-21-22-23-24-29(36)39-27-32(2,3)30(38-5)31(37)34-26-25-28(35)33-4/h7-8,10-11,13-14,16-17,19-20,22-23,30H,6,9,12,15,18,21,24-27H2,1-5H3,(H,33,35)(H,34,37)/b8-7-,11-10-,14-13-,17-16-,20-19-,23-22-/t30-/m0/s1. The van der Waals surface area contributed by atoms with E-state index >= 15 is 0 Å². The summed E-state index contributed by atoms with van der Waals surface area (Å²) in [4.78, 5) is 35.9. The summed E-state index contributed by atoms with van der Waals surface area (Å²) in [6, 6.07) is 0. The molecule has 218 valence electrons. The van der Waals surface area contributed by atoms with Crippen LogP contribution in [0, 0.1) is 5.41 Å². The lowest BCUT2D eigenvalue weighted by molar-refractivity contribution is -0.154. The Kier molecular flexibility index (Phi) is 21.9. The number of carbonyl (C=O) groups excluding carboxylic acids is 3. The number of hydrogen-bond donors (Lipinski definition) is 2. The molecule has 0 aliphatic rings. The highest BCUT2D eigenvalue weighted by Crippen LogP contribution is 2.24. The van der Waals surface area contributed by atoms with E-state index in [1.807, 2.05) is 6.08 Å². The Hall–Kier alpha value is -3.19. The highest BCUT2D eigenvalue weighted by molar-refractivity contribution is 5.82. The van der Waals surface area contributed by atoms with Gasteiger partial charge in [-0.05, 0) is 38.5 Å². The molecule has 0 bridgehead atoms. The molecule has 0 aromatic rings.